The molecule has 1 aliphatic heterocycles. The van der Waals surface area contributed by atoms with Crippen LogP contribution >= 0.6 is 23.0 Å². The number of carboxylic acid groups (broad SMARTS) is 2. The molecule has 0 spiro atoms. The van der Waals surface area contributed by atoms with Crippen molar-refractivity contribution in [3.63, 3.8) is 0 Å². The highest BCUT2D eigenvalue weighted by molar-refractivity contribution is 14.1. The van der Waals surface area contributed by atoms with Gasteiger partial charge in [-0.05, 0) is 13.0 Å². The Labute approximate surface area is 207 Å². The molecule has 1 rings (SSSR count). The van der Waals surface area contributed by atoms with Crippen LogP contribution in [0.15, 0.2) is 0 Å². The Morgan fingerprint density at radius 2 is 1.15 bits per heavy atom. The largest absolute Gasteiger partial charge is 0.480 e. The molecule has 5 N–H and O–H groups in total. The molecule has 1 heterocycles. The summed E-state index contributed by atoms with van der Waals surface area (Å²) < 4.78 is 4.75. The summed E-state index contributed by atoms with van der Waals surface area (Å²) in [6.45, 7) is 4.13. The van der Waals surface area contributed by atoms with Crippen molar-refractivity contribution in [1.82, 2.24) is 24.9 Å². The third kappa shape index (κ3) is 14.3. The van der Waals surface area contributed by atoms with Crippen molar-refractivity contribution in [1.29, 1.82) is 0 Å². The van der Waals surface area contributed by atoms with E-state index in [-0.39, 0.29) is 32.1 Å². The Kier molecular flexibility index (Phi) is 15.1. The first kappa shape index (κ1) is 29.4. The molecule has 0 aromatic rings. The third-order valence-corrected chi connectivity index (χ3v) is 5.65. The van der Waals surface area contributed by atoms with Gasteiger partial charge in [-0.15, -0.1) is 0 Å². The van der Waals surface area contributed by atoms with Crippen LogP contribution in [0.1, 0.15) is 6.42 Å². The minimum Gasteiger partial charge on any atom is -0.480 e. The highest BCUT2D eigenvalue weighted by Gasteiger charge is 2.21. The Morgan fingerprint density at radius 1 is 0.758 bits per heavy atom. The normalized spacial score (nSPS) is 18.1. The predicted molar refractivity (Wildman–Crippen MR) is 128 cm³/mol. The van der Waals surface area contributed by atoms with Crippen LogP contribution in [0.5, 0.6) is 0 Å². The maximum Gasteiger partial charge on any atom is 0.329 e. The summed E-state index contributed by atoms with van der Waals surface area (Å²) in [5.41, 5.74) is 5.46. The number of carbonyl (C=O) groups is 4. The first-order valence-electron chi connectivity index (χ1n) is 10.8. The molecular weight excluding hydrogens is 551 g/mol. The smallest absolute Gasteiger partial charge is 0.329 e. The van der Waals surface area contributed by atoms with Crippen molar-refractivity contribution in [2.24, 2.45) is 5.73 Å². The highest BCUT2D eigenvalue weighted by atomic mass is 127. The van der Waals surface area contributed by atoms with E-state index in [4.69, 9.17) is 8.80 Å². The van der Waals surface area contributed by atoms with Crippen molar-refractivity contribution in [2.75, 3.05) is 91.6 Å². The minimum atomic E-state index is -0.975. The molecule has 13 nitrogen and oxygen atoms in total. The fourth-order valence-corrected chi connectivity index (χ4v) is 3.53. The molecule has 33 heavy (non-hydrogen) atoms. The van der Waals surface area contributed by atoms with Crippen molar-refractivity contribution < 1.29 is 32.5 Å². The van der Waals surface area contributed by atoms with Crippen LogP contribution in [0.3, 0.4) is 0 Å². The van der Waals surface area contributed by atoms with E-state index in [1.807, 2.05) is 9.80 Å². The van der Waals surface area contributed by atoms with E-state index in [2.05, 4.69) is 5.32 Å². The van der Waals surface area contributed by atoms with E-state index in [0.717, 1.165) is 0 Å². The molecule has 1 fully saturated rings. The first-order valence-corrected chi connectivity index (χ1v) is 11.7. The summed E-state index contributed by atoms with van der Waals surface area (Å²) in [6.07, 6.45) is 0.678. The summed E-state index contributed by atoms with van der Waals surface area (Å²) in [5.74, 6) is -2.50. The van der Waals surface area contributed by atoms with Crippen LogP contribution in [0.25, 0.3) is 0 Å². The second-order valence-electron chi connectivity index (χ2n) is 7.83. The van der Waals surface area contributed by atoms with Crippen LogP contribution in [0.4, 0.5) is 0 Å². The predicted octanol–water partition coefficient (Wildman–Crippen LogP) is -2.26. The van der Waals surface area contributed by atoms with Crippen LogP contribution in [0.2, 0.25) is 0 Å². The van der Waals surface area contributed by atoms with Gasteiger partial charge >= 0.3 is 17.9 Å². The quantitative estimate of drug-likeness (QED) is 0.152. The fourth-order valence-electron chi connectivity index (χ4n) is 3.39. The summed E-state index contributed by atoms with van der Waals surface area (Å²) in [6, 6.07) is 0. The molecule has 190 valence electrons. The van der Waals surface area contributed by atoms with E-state index >= 15 is 0 Å². The summed E-state index contributed by atoms with van der Waals surface area (Å²) >= 11 is 1.53. The monoisotopic (exact) mass is 586 g/mol. The lowest BCUT2D eigenvalue weighted by molar-refractivity contribution is -0.140. The molecule has 0 unspecified atom stereocenters. The standard InChI is InChI=1S/C19H35IN6O7/c20-33-19(32)15-26-10-5-23(12-16(27)22-3-1-2-21)4-6-24(13-17(28)29)7-8-25(9-11-26)14-18(30)31/h1-15,21H2,(H,22,27)(H,28,29)(H,30,31). The second-order valence-corrected chi connectivity index (χ2v) is 8.27. The number of amides is 1. The summed E-state index contributed by atoms with van der Waals surface area (Å²) in [7, 11) is 0. The SMILES string of the molecule is NCCCNC(=O)CN1CCN(CC(=O)O)CCN(CC(=O)O)CCN(CC(=O)OI)CC1. The number of aliphatic carboxylic acids is 2. The molecule has 0 aromatic heterocycles. The first-order chi connectivity index (χ1) is 15.7. The van der Waals surface area contributed by atoms with Gasteiger partial charge in [-0.2, -0.15) is 0 Å². The van der Waals surface area contributed by atoms with E-state index in [1.54, 1.807) is 9.80 Å². The molecule has 0 atom stereocenters. The summed E-state index contributed by atoms with van der Waals surface area (Å²) in [4.78, 5) is 54.0. The van der Waals surface area contributed by atoms with Gasteiger partial charge in [0.2, 0.25) is 5.91 Å². The topological polar surface area (TPSA) is 169 Å². The number of carbonyl (C=O) groups excluding carboxylic acids is 2. The van der Waals surface area contributed by atoms with Gasteiger partial charge in [-0.1, -0.05) is 0 Å². The molecule has 0 bridgehead atoms. The van der Waals surface area contributed by atoms with E-state index in [1.165, 1.54) is 23.0 Å². The van der Waals surface area contributed by atoms with Gasteiger partial charge in [0.1, 0.15) is 0 Å². The Morgan fingerprint density at radius 3 is 1.52 bits per heavy atom. The number of carboxylic acids is 2. The Bertz CT molecular complexity index is 642. The number of rotatable bonds is 11. The van der Waals surface area contributed by atoms with Crippen LogP contribution in [0, 0.1) is 0 Å². The number of nitrogens with one attached hydrogen (secondary N) is 1. The van der Waals surface area contributed by atoms with E-state index in [9.17, 15) is 29.4 Å². The maximum atomic E-state index is 12.3. The van der Waals surface area contributed by atoms with Crippen LogP contribution in [-0.2, 0) is 22.2 Å². The molecule has 1 amide bonds. The maximum absolute atomic E-state index is 12.3. The number of hydrogen-bond acceptors (Lipinski definition) is 10. The molecular formula is C19H35IN6O7. The second kappa shape index (κ2) is 16.9. The summed E-state index contributed by atoms with van der Waals surface area (Å²) in [5, 5.41) is 21.3. The molecule has 0 aromatic carbocycles. The van der Waals surface area contributed by atoms with Gasteiger partial charge in [0.15, 0.2) is 23.0 Å². The lowest BCUT2D eigenvalue weighted by atomic mass is 10.3. The number of hydrogen-bond donors (Lipinski definition) is 4. The van der Waals surface area contributed by atoms with Gasteiger partial charge < -0.3 is 24.3 Å². The van der Waals surface area contributed by atoms with Crippen LogP contribution < -0.4 is 11.1 Å². The Balaban J connectivity index is 2.92. The lowest BCUT2D eigenvalue weighted by Crippen LogP contribution is -2.49. The molecule has 0 radical (unpaired) electrons. The molecule has 0 saturated carbocycles. The zero-order valence-corrected chi connectivity index (χ0v) is 20.9. The molecule has 14 heteroatoms. The highest BCUT2D eigenvalue weighted by Crippen LogP contribution is 2.02. The zero-order chi connectivity index (χ0) is 24.6. The van der Waals surface area contributed by atoms with Crippen molar-refractivity contribution >= 4 is 46.8 Å². The van der Waals surface area contributed by atoms with Crippen molar-refractivity contribution in [3.8, 4) is 0 Å². The lowest BCUT2D eigenvalue weighted by Gasteiger charge is -2.33. The van der Waals surface area contributed by atoms with Gasteiger partial charge in [0.25, 0.3) is 0 Å². The van der Waals surface area contributed by atoms with Crippen molar-refractivity contribution in [3.05, 3.63) is 0 Å². The average molecular weight is 586 g/mol. The van der Waals surface area contributed by atoms with Crippen molar-refractivity contribution in [2.45, 2.75) is 6.42 Å². The van der Waals surface area contributed by atoms with Gasteiger partial charge in [0.05, 0.1) is 26.2 Å². The van der Waals surface area contributed by atoms with Crippen LogP contribution in [-0.4, -0.2) is 145 Å². The molecule has 1 aliphatic rings. The Hall–Kier alpha value is -1.59. The molecule has 1 saturated heterocycles. The van der Waals surface area contributed by atoms with E-state index < -0.39 is 17.9 Å². The number of halogens is 1. The molecule has 0 aliphatic carbocycles. The number of nitrogens with two attached hydrogens (primary N) is 1. The van der Waals surface area contributed by atoms with Gasteiger partial charge in [-0.3, -0.25) is 34.0 Å². The fraction of sp³-hybridized carbons (Fsp3) is 0.789. The average Bonchev–Trinajstić information content (AvgIpc) is 2.74. The van der Waals surface area contributed by atoms with Gasteiger partial charge in [-0.25, -0.2) is 4.79 Å². The minimum absolute atomic E-state index is 0.0471. The van der Waals surface area contributed by atoms with E-state index in [0.29, 0.717) is 71.9 Å². The number of nitrogens with zero attached hydrogens (tertiary/aromatic N) is 4. The third-order valence-electron chi connectivity index (χ3n) is 5.16. The van der Waals surface area contributed by atoms with Gasteiger partial charge in [0, 0.05) is 58.9 Å². The zero-order valence-electron chi connectivity index (χ0n) is 18.8.